The molecule has 0 aliphatic carbocycles. The quantitative estimate of drug-likeness (QED) is 0.802. The summed E-state index contributed by atoms with van der Waals surface area (Å²) in [6.07, 6.45) is 2.87. The Morgan fingerprint density at radius 1 is 1.21 bits per heavy atom. The van der Waals surface area contributed by atoms with Crippen LogP contribution in [0.1, 0.15) is 53.9 Å². The van der Waals surface area contributed by atoms with Gasteiger partial charge in [-0.25, -0.2) is 9.97 Å². The van der Waals surface area contributed by atoms with Gasteiger partial charge in [0.15, 0.2) is 0 Å². The van der Waals surface area contributed by atoms with Crippen molar-refractivity contribution in [3.05, 3.63) is 52.5 Å². The zero-order chi connectivity index (χ0) is 20.5. The third-order valence-corrected chi connectivity index (χ3v) is 6.06. The Balaban J connectivity index is 1.60. The number of likely N-dealkylation sites (tertiary alicyclic amines) is 1. The predicted molar refractivity (Wildman–Crippen MR) is 112 cm³/mol. The lowest BCUT2D eigenvalue weighted by molar-refractivity contribution is -0.127. The summed E-state index contributed by atoms with van der Waals surface area (Å²) in [5.41, 5.74) is 4.49. The summed E-state index contributed by atoms with van der Waals surface area (Å²) in [4.78, 5) is 37.8. The Bertz CT molecular complexity index is 956. The maximum Gasteiger partial charge on any atom is 0.228 e. The van der Waals surface area contributed by atoms with Crippen molar-refractivity contribution >= 4 is 17.6 Å². The first-order valence-electron chi connectivity index (χ1n) is 10.4. The molecule has 0 radical (unpaired) electrons. The van der Waals surface area contributed by atoms with Gasteiger partial charge in [-0.05, 0) is 38.7 Å². The molecule has 1 aromatic heterocycles. The van der Waals surface area contributed by atoms with Crippen LogP contribution in [0.25, 0.3) is 0 Å². The van der Waals surface area contributed by atoms with E-state index in [0.717, 1.165) is 42.3 Å². The second-order valence-electron chi connectivity index (χ2n) is 8.20. The zero-order valence-corrected chi connectivity index (χ0v) is 17.4. The molecular formula is C23H28N4O2. The van der Waals surface area contributed by atoms with Gasteiger partial charge in [-0.15, -0.1) is 0 Å². The first-order chi connectivity index (χ1) is 13.9. The second-order valence-corrected chi connectivity index (χ2v) is 8.20. The van der Waals surface area contributed by atoms with Crippen molar-refractivity contribution in [3.63, 3.8) is 0 Å². The van der Waals surface area contributed by atoms with Gasteiger partial charge in [0, 0.05) is 50.2 Å². The molecule has 4 rings (SSSR count). The summed E-state index contributed by atoms with van der Waals surface area (Å²) in [7, 11) is 0. The number of carbonyl (C=O) groups is 2. The van der Waals surface area contributed by atoms with Crippen LogP contribution in [-0.2, 0) is 22.4 Å². The van der Waals surface area contributed by atoms with Crippen molar-refractivity contribution in [1.82, 2.24) is 14.9 Å². The van der Waals surface area contributed by atoms with Crippen molar-refractivity contribution < 1.29 is 9.59 Å². The number of aryl methyl sites for hydroxylation is 2. The molecule has 2 aliphatic heterocycles. The molecular weight excluding hydrogens is 364 g/mol. The van der Waals surface area contributed by atoms with E-state index in [2.05, 4.69) is 31.2 Å². The number of carbonyl (C=O) groups excluding carboxylic acids is 2. The number of benzene rings is 1. The third kappa shape index (κ3) is 4.02. The zero-order valence-electron chi connectivity index (χ0n) is 17.4. The lowest BCUT2D eigenvalue weighted by Gasteiger charge is -2.30. The number of nitrogens with zero attached hydrogens (tertiary/aromatic N) is 4. The largest absolute Gasteiger partial charge is 0.342 e. The van der Waals surface area contributed by atoms with Crippen LogP contribution in [0.4, 0.5) is 5.82 Å². The topological polar surface area (TPSA) is 66.4 Å². The summed E-state index contributed by atoms with van der Waals surface area (Å²) >= 11 is 0. The number of hydrogen-bond acceptors (Lipinski definition) is 4. The average molecular weight is 393 g/mol. The van der Waals surface area contributed by atoms with Gasteiger partial charge in [-0.2, -0.15) is 0 Å². The normalized spacial score (nSPS) is 18.9. The molecule has 152 valence electrons. The summed E-state index contributed by atoms with van der Waals surface area (Å²) in [6, 6.07) is 8.41. The van der Waals surface area contributed by atoms with E-state index >= 15 is 0 Å². The first kappa shape index (κ1) is 19.6. The molecule has 1 aromatic carbocycles. The minimum absolute atomic E-state index is 0.0946. The van der Waals surface area contributed by atoms with Gasteiger partial charge >= 0.3 is 0 Å². The molecule has 29 heavy (non-hydrogen) atoms. The monoisotopic (exact) mass is 392 g/mol. The molecule has 0 saturated carbocycles. The van der Waals surface area contributed by atoms with Crippen molar-refractivity contribution in [2.24, 2.45) is 0 Å². The van der Waals surface area contributed by atoms with E-state index in [-0.39, 0.29) is 17.7 Å². The molecule has 6 heteroatoms. The Morgan fingerprint density at radius 3 is 2.76 bits per heavy atom. The van der Waals surface area contributed by atoms with E-state index in [4.69, 9.17) is 9.97 Å². The summed E-state index contributed by atoms with van der Waals surface area (Å²) < 4.78 is 0. The van der Waals surface area contributed by atoms with E-state index < -0.39 is 0 Å². The van der Waals surface area contributed by atoms with Crippen molar-refractivity contribution in [1.29, 1.82) is 0 Å². The molecule has 2 aliphatic rings. The van der Waals surface area contributed by atoms with Crippen LogP contribution in [0.2, 0.25) is 0 Å². The van der Waals surface area contributed by atoms with Gasteiger partial charge in [0.1, 0.15) is 11.6 Å². The fraction of sp³-hybridized carbons (Fsp3) is 0.478. The van der Waals surface area contributed by atoms with Crippen LogP contribution in [0, 0.1) is 13.8 Å². The molecule has 1 saturated heterocycles. The van der Waals surface area contributed by atoms with E-state index in [1.807, 2.05) is 16.7 Å². The molecule has 0 bridgehead atoms. The average Bonchev–Trinajstić information content (AvgIpc) is 3.18. The highest BCUT2D eigenvalue weighted by atomic mass is 16.2. The third-order valence-electron chi connectivity index (χ3n) is 6.06. The van der Waals surface area contributed by atoms with Crippen LogP contribution in [0.3, 0.4) is 0 Å². The van der Waals surface area contributed by atoms with Gasteiger partial charge in [0.05, 0.1) is 0 Å². The number of hydrogen-bond donors (Lipinski definition) is 0. The van der Waals surface area contributed by atoms with Gasteiger partial charge < -0.3 is 4.90 Å². The number of rotatable bonds is 4. The molecule has 1 fully saturated rings. The molecule has 2 amide bonds. The van der Waals surface area contributed by atoms with E-state index in [0.29, 0.717) is 25.9 Å². The Morgan fingerprint density at radius 2 is 2.03 bits per heavy atom. The maximum atomic E-state index is 12.7. The highest BCUT2D eigenvalue weighted by Gasteiger charge is 2.32. The minimum atomic E-state index is 0.0946. The molecule has 1 atom stereocenters. The maximum absolute atomic E-state index is 12.7. The van der Waals surface area contributed by atoms with Crippen molar-refractivity contribution in [2.75, 3.05) is 24.5 Å². The molecule has 0 unspecified atom stereocenters. The highest BCUT2D eigenvalue weighted by molar-refractivity contribution is 5.95. The summed E-state index contributed by atoms with van der Waals surface area (Å²) in [6.45, 7) is 7.72. The lowest BCUT2D eigenvalue weighted by atomic mass is 10.0. The van der Waals surface area contributed by atoms with Gasteiger partial charge in [-0.3, -0.25) is 14.5 Å². The molecule has 0 spiro atoms. The number of fused-ring (bicyclic) bond motifs is 1. The highest BCUT2D eigenvalue weighted by Crippen LogP contribution is 2.32. The second kappa shape index (κ2) is 7.93. The van der Waals surface area contributed by atoms with Crippen LogP contribution >= 0.6 is 0 Å². The fourth-order valence-corrected chi connectivity index (χ4v) is 4.38. The van der Waals surface area contributed by atoms with E-state index in [9.17, 15) is 9.59 Å². The van der Waals surface area contributed by atoms with Crippen LogP contribution in [0.15, 0.2) is 24.3 Å². The number of amides is 2. The Labute approximate surface area is 172 Å². The van der Waals surface area contributed by atoms with Crippen LogP contribution in [-0.4, -0.2) is 46.3 Å². The Kier molecular flexibility index (Phi) is 5.35. The van der Waals surface area contributed by atoms with Gasteiger partial charge in [0.2, 0.25) is 11.8 Å². The number of aromatic nitrogens is 2. The molecule has 0 N–H and O–H groups in total. The van der Waals surface area contributed by atoms with E-state index in [1.165, 1.54) is 11.1 Å². The van der Waals surface area contributed by atoms with Crippen LogP contribution < -0.4 is 4.90 Å². The summed E-state index contributed by atoms with van der Waals surface area (Å²) in [5, 5.41) is 0. The molecule has 3 heterocycles. The minimum Gasteiger partial charge on any atom is -0.342 e. The standard InChI is InChI=1S/C23H28N4O2/c1-15-5-4-6-18(13-15)9-12-27-21(29)8-7-20-16(2)24-22(25-23(20)27)19-10-11-26(14-19)17(3)28/h4-6,13,19H,7-12,14H2,1-3H3/t19-/m0/s1. The molecule has 6 nitrogen and oxygen atoms in total. The summed E-state index contributed by atoms with van der Waals surface area (Å²) in [5.74, 6) is 1.90. The lowest BCUT2D eigenvalue weighted by Crippen LogP contribution is -2.38. The van der Waals surface area contributed by atoms with Crippen LogP contribution in [0.5, 0.6) is 0 Å². The van der Waals surface area contributed by atoms with Crippen molar-refractivity contribution in [3.8, 4) is 0 Å². The smallest absolute Gasteiger partial charge is 0.228 e. The van der Waals surface area contributed by atoms with Gasteiger partial charge in [0.25, 0.3) is 0 Å². The fourth-order valence-electron chi connectivity index (χ4n) is 4.38. The SMILES string of the molecule is CC(=O)N1CC[C@H](c2nc(C)c3c(n2)N(CCc2cccc(C)c2)C(=O)CC3)C1. The van der Waals surface area contributed by atoms with Gasteiger partial charge in [-0.1, -0.05) is 29.8 Å². The van der Waals surface area contributed by atoms with Crippen molar-refractivity contribution in [2.45, 2.75) is 52.4 Å². The van der Waals surface area contributed by atoms with E-state index in [1.54, 1.807) is 6.92 Å². The molecule has 2 aromatic rings. The predicted octanol–water partition coefficient (Wildman–Crippen LogP) is 2.95. The first-order valence-corrected chi connectivity index (χ1v) is 10.4. The Hall–Kier alpha value is -2.76. The number of anilines is 1.